The minimum absolute atomic E-state index is 0. The Morgan fingerprint density at radius 1 is 1.60 bits per heavy atom. The van der Waals surface area contributed by atoms with E-state index in [-0.39, 0.29) is 18.4 Å². The second-order valence-corrected chi connectivity index (χ2v) is 4.09. The number of ether oxygens (including phenoxy) is 1. The summed E-state index contributed by atoms with van der Waals surface area (Å²) < 4.78 is 4.94. The van der Waals surface area contributed by atoms with Crippen LogP contribution in [0.4, 0.5) is 0 Å². The lowest BCUT2D eigenvalue weighted by molar-refractivity contribution is -0.144. The SMILES string of the molecule is CCOC(=O)CC(C)C1CCCNC1.Cl. The average molecular weight is 236 g/mol. The molecule has 3 nitrogen and oxygen atoms in total. The van der Waals surface area contributed by atoms with Crippen molar-refractivity contribution in [1.29, 1.82) is 0 Å². The van der Waals surface area contributed by atoms with Gasteiger partial charge in [-0.15, -0.1) is 12.4 Å². The smallest absolute Gasteiger partial charge is 0.306 e. The van der Waals surface area contributed by atoms with Crippen molar-refractivity contribution in [3.05, 3.63) is 0 Å². The van der Waals surface area contributed by atoms with Crippen LogP contribution in [-0.4, -0.2) is 25.7 Å². The van der Waals surface area contributed by atoms with Crippen molar-refractivity contribution < 1.29 is 9.53 Å². The molecule has 90 valence electrons. The van der Waals surface area contributed by atoms with Crippen LogP contribution in [0.1, 0.15) is 33.1 Å². The predicted molar refractivity (Wildman–Crippen MR) is 63.3 cm³/mol. The highest BCUT2D eigenvalue weighted by atomic mass is 35.5. The van der Waals surface area contributed by atoms with Crippen LogP contribution in [0.5, 0.6) is 0 Å². The van der Waals surface area contributed by atoms with Crippen LogP contribution in [0.3, 0.4) is 0 Å². The van der Waals surface area contributed by atoms with E-state index in [0.717, 1.165) is 13.1 Å². The van der Waals surface area contributed by atoms with Crippen molar-refractivity contribution in [3.63, 3.8) is 0 Å². The summed E-state index contributed by atoms with van der Waals surface area (Å²) in [5.41, 5.74) is 0. The number of esters is 1. The molecule has 0 aliphatic carbocycles. The first-order chi connectivity index (χ1) is 6.74. The summed E-state index contributed by atoms with van der Waals surface area (Å²) in [6.45, 7) is 6.68. The summed E-state index contributed by atoms with van der Waals surface area (Å²) in [6, 6.07) is 0. The molecule has 2 atom stereocenters. The van der Waals surface area contributed by atoms with Crippen LogP contribution in [-0.2, 0) is 9.53 Å². The number of carbonyl (C=O) groups excluding carboxylic acids is 1. The number of nitrogens with one attached hydrogen (secondary N) is 1. The van der Waals surface area contributed by atoms with Gasteiger partial charge in [0.1, 0.15) is 0 Å². The third-order valence-corrected chi connectivity index (χ3v) is 2.93. The minimum Gasteiger partial charge on any atom is -0.466 e. The number of hydrogen-bond donors (Lipinski definition) is 1. The molecule has 0 radical (unpaired) electrons. The largest absolute Gasteiger partial charge is 0.466 e. The fourth-order valence-electron chi connectivity index (χ4n) is 2.01. The average Bonchev–Trinajstić information content (AvgIpc) is 2.19. The summed E-state index contributed by atoms with van der Waals surface area (Å²) in [4.78, 5) is 11.3. The van der Waals surface area contributed by atoms with Crippen molar-refractivity contribution in [1.82, 2.24) is 5.32 Å². The zero-order valence-electron chi connectivity index (χ0n) is 9.62. The molecular weight excluding hydrogens is 214 g/mol. The molecule has 1 fully saturated rings. The van der Waals surface area contributed by atoms with Crippen molar-refractivity contribution in [2.24, 2.45) is 11.8 Å². The normalized spacial score (nSPS) is 22.7. The third kappa shape index (κ3) is 5.38. The summed E-state index contributed by atoms with van der Waals surface area (Å²) in [5.74, 6) is 1.04. The lowest BCUT2D eigenvalue weighted by atomic mass is 9.85. The van der Waals surface area contributed by atoms with E-state index < -0.39 is 0 Å². The highest BCUT2D eigenvalue weighted by molar-refractivity contribution is 5.85. The number of hydrogen-bond acceptors (Lipinski definition) is 3. The van der Waals surface area contributed by atoms with Gasteiger partial charge in [-0.2, -0.15) is 0 Å². The molecule has 1 aliphatic rings. The van der Waals surface area contributed by atoms with Crippen LogP contribution in [0.15, 0.2) is 0 Å². The number of piperidine rings is 1. The minimum atomic E-state index is -0.0504. The summed E-state index contributed by atoms with van der Waals surface area (Å²) >= 11 is 0. The maximum absolute atomic E-state index is 11.3. The van der Waals surface area contributed by atoms with E-state index in [0.29, 0.717) is 24.9 Å². The van der Waals surface area contributed by atoms with Crippen LogP contribution in [0, 0.1) is 11.8 Å². The monoisotopic (exact) mass is 235 g/mol. The molecule has 15 heavy (non-hydrogen) atoms. The van der Waals surface area contributed by atoms with E-state index in [1.807, 2.05) is 6.92 Å². The highest BCUT2D eigenvalue weighted by Crippen LogP contribution is 2.22. The third-order valence-electron chi connectivity index (χ3n) is 2.93. The van der Waals surface area contributed by atoms with Crippen LogP contribution in [0.2, 0.25) is 0 Å². The Kier molecular flexibility index (Phi) is 7.79. The van der Waals surface area contributed by atoms with Gasteiger partial charge in [-0.1, -0.05) is 6.92 Å². The second kappa shape index (κ2) is 7.94. The molecular formula is C11H22ClNO2. The van der Waals surface area contributed by atoms with E-state index in [4.69, 9.17) is 4.74 Å². The van der Waals surface area contributed by atoms with Gasteiger partial charge in [0.25, 0.3) is 0 Å². The van der Waals surface area contributed by atoms with Crippen LogP contribution in [0.25, 0.3) is 0 Å². The number of carbonyl (C=O) groups is 1. The molecule has 2 unspecified atom stereocenters. The summed E-state index contributed by atoms with van der Waals surface area (Å²) in [7, 11) is 0. The zero-order valence-corrected chi connectivity index (χ0v) is 10.4. The zero-order chi connectivity index (χ0) is 10.4. The maximum atomic E-state index is 11.3. The Morgan fingerprint density at radius 3 is 2.87 bits per heavy atom. The second-order valence-electron chi connectivity index (χ2n) is 4.09. The Bertz CT molecular complexity index is 181. The van der Waals surface area contributed by atoms with E-state index in [2.05, 4.69) is 12.2 Å². The lowest BCUT2D eigenvalue weighted by Gasteiger charge is -2.27. The maximum Gasteiger partial charge on any atom is 0.306 e. The van der Waals surface area contributed by atoms with Crippen molar-refractivity contribution in [2.75, 3.05) is 19.7 Å². The summed E-state index contributed by atoms with van der Waals surface area (Å²) in [6.07, 6.45) is 3.05. The first-order valence-corrected chi connectivity index (χ1v) is 5.60. The molecule has 1 saturated heterocycles. The van der Waals surface area contributed by atoms with Gasteiger partial charge in [0.15, 0.2) is 0 Å². The molecule has 4 heteroatoms. The molecule has 1 rings (SSSR count). The van der Waals surface area contributed by atoms with E-state index in [9.17, 15) is 4.79 Å². The van der Waals surface area contributed by atoms with Gasteiger partial charge in [-0.25, -0.2) is 0 Å². The Labute approximate surface area is 98.4 Å². The van der Waals surface area contributed by atoms with Crippen molar-refractivity contribution in [3.8, 4) is 0 Å². The molecule has 1 N–H and O–H groups in total. The van der Waals surface area contributed by atoms with Crippen LogP contribution >= 0.6 is 12.4 Å². The summed E-state index contributed by atoms with van der Waals surface area (Å²) in [5, 5.41) is 3.37. The molecule has 1 aliphatic heterocycles. The van der Waals surface area contributed by atoms with Gasteiger partial charge in [0.2, 0.25) is 0 Å². The Hall–Kier alpha value is -0.280. The van der Waals surface area contributed by atoms with Gasteiger partial charge in [0.05, 0.1) is 6.61 Å². The molecule has 0 spiro atoms. The molecule has 0 aromatic carbocycles. The van der Waals surface area contributed by atoms with E-state index in [1.54, 1.807) is 0 Å². The van der Waals surface area contributed by atoms with E-state index >= 15 is 0 Å². The van der Waals surface area contributed by atoms with Gasteiger partial charge >= 0.3 is 5.97 Å². The van der Waals surface area contributed by atoms with Crippen molar-refractivity contribution in [2.45, 2.75) is 33.1 Å². The fraction of sp³-hybridized carbons (Fsp3) is 0.909. The van der Waals surface area contributed by atoms with Crippen molar-refractivity contribution >= 4 is 18.4 Å². The lowest BCUT2D eigenvalue weighted by Crippen LogP contribution is -2.34. The molecule has 0 amide bonds. The van der Waals surface area contributed by atoms with Gasteiger partial charge in [-0.3, -0.25) is 4.79 Å². The molecule has 0 bridgehead atoms. The number of rotatable bonds is 4. The molecule has 0 saturated carbocycles. The molecule has 0 aromatic heterocycles. The Balaban J connectivity index is 0.00000196. The standard InChI is InChI=1S/C11H21NO2.ClH/c1-3-14-11(13)7-9(2)10-5-4-6-12-8-10;/h9-10,12H,3-8H2,1-2H3;1H. The first-order valence-electron chi connectivity index (χ1n) is 5.60. The van der Waals surface area contributed by atoms with Gasteiger partial charge < -0.3 is 10.1 Å². The molecule has 0 aromatic rings. The van der Waals surface area contributed by atoms with Gasteiger partial charge in [-0.05, 0) is 44.7 Å². The van der Waals surface area contributed by atoms with E-state index in [1.165, 1.54) is 12.8 Å². The quantitative estimate of drug-likeness (QED) is 0.758. The van der Waals surface area contributed by atoms with Gasteiger partial charge in [0, 0.05) is 6.42 Å². The topological polar surface area (TPSA) is 38.3 Å². The first kappa shape index (κ1) is 14.7. The fourth-order valence-corrected chi connectivity index (χ4v) is 2.01. The highest BCUT2D eigenvalue weighted by Gasteiger charge is 2.22. The predicted octanol–water partition coefficient (Wildman–Crippen LogP) is 2.00. The van der Waals surface area contributed by atoms with Crippen LogP contribution < -0.4 is 5.32 Å². The Morgan fingerprint density at radius 2 is 2.33 bits per heavy atom. The molecule has 1 heterocycles. The number of halogens is 1.